The van der Waals surface area contributed by atoms with Crippen LogP contribution in [0.2, 0.25) is 6.32 Å². The van der Waals surface area contributed by atoms with Crippen LogP contribution < -0.4 is 4.57 Å². The van der Waals surface area contributed by atoms with Gasteiger partial charge >= 0.3 is 7.12 Å². The maximum Gasteiger partial charge on any atom is 0.451 e. The van der Waals surface area contributed by atoms with Gasteiger partial charge < -0.3 is 10.0 Å². The summed E-state index contributed by atoms with van der Waals surface area (Å²) in [7, 11) is 0.784. The summed E-state index contributed by atoms with van der Waals surface area (Å²) in [6, 6.07) is 0. The zero-order chi connectivity index (χ0) is 8.97. The first-order chi connectivity index (χ1) is 5.68. The average Bonchev–Trinajstić information content (AvgIpc) is 2.35. The summed E-state index contributed by atoms with van der Waals surface area (Å²) in [5.41, 5.74) is 0. The zero-order valence-corrected chi connectivity index (χ0v) is 7.22. The molecule has 0 aliphatic carbocycles. The number of nitrogens with zero attached hydrogens (tertiary/aromatic N) is 2. The van der Waals surface area contributed by atoms with E-state index in [0.717, 1.165) is 13.0 Å². The molecule has 0 aliphatic rings. The van der Waals surface area contributed by atoms with Crippen molar-refractivity contribution in [2.45, 2.75) is 19.3 Å². The van der Waals surface area contributed by atoms with Gasteiger partial charge in [0.05, 0.1) is 13.6 Å². The van der Waals surface area contributed by atoms with Crippen LogP contribution in [0, 0.1) is 0 Å². The Balaban J connectivity index is 2.24. The molecule has 0 saturated heterocycles. The highest BCUT2D eigenvalue weighted by Gasteiger charge is 2.07. The number of hydrogen-bond acceptors (Lipinski definition) is 2. The van der Waals surface area contributed by atoms with Crippen LogP contribution in [0.5, 0.6) is 0 Å². The van der Waals surface area contributed by atoms with Crippen molar-refractivity contribution in [1.29, 1.82) is 0 Å². The Kier molecular flexibility index (Phi) is 3.31. The van der Waals surface area contributed by atoms with E-state index < -0.39 is 7.12 Å². The second kappa shape index (κ2) is 4.28. The summed E-state index contributed by atoms with van der Waals surface area (Å²) >= 11 is 0. The maximum atomic E-state index is 8.58. The molecule has 5 heteroatoms. The highest BCUT2D eigenvalue weighted by atomic mass is 16.4. The Labute approximate surface area is 72.2 Å². The molecule has 1 rings (SSSR count). The van der Waals surface area contributed by atoms with E-state index in [0.29, 0.717) is 6.32 Å². The maximum absolute atomic E-state index is 8.58. The lowest BCUT2D eigenvalue weighted by molar-refractivity contribution is -0.671. The van der Waals surface area contributed by atoms with Crippen molar-refractivity contribution in [3.8, 4) is 0 Å². The molecule has 0 amide bonds. The Hall–Kier alpha value is -0.805. The number of aryl methyl sites for hydroxylation is 2. The fourth-order valence-electron chi connectivity index (χ4n) is 1.09. The molecule has 0 radical (unpaired) electrons. The van der Waals surface area contributed by atoms with Crippen molar-refractivity contribution in [2.24, 2.45) is 7.05 Å². The van der Waals surface area contributed by atoms with Crippen molar-refractivity contribution < 1.29 is 14.6 Å². The van der Waals surface area contributed by atoms with Crippen molar-refractivity contribution in [1.82, 2.24) is 4.57 Å². The lowest BCUT2D eigenvalue weighted by atomic mass is 9.84. The van der Waals surface area contributed by atoms with E-state index >= 15 is 0 Å². The Morgan fingerprint density at radius 1 is 1.50 bits per heavy atom. The molecule has 4 nitrogen and oxygen atoms in total. The summed E-state index contributed by atoms with van der Waals surface area (Å²) in [5.74, 6) is 0. The fourth-order valence-corrected chi connectivity index (χ4v) is 1.09. The predicted molar refractivity (Wildman–Crippen MR) is 45.2 cm³/mol. The Bertz CT molecular complexity index is 237. The molecule has 0 aliphatic heterocycles. The number of imidazole rings is 1. The van der Waals surface area contributed by atoms with Gasteiger partial charge in [-0.05, 0) is 12.7 Å². The van der Waals surface area contributed by atoms with Crippen molar-refractivity contribution in [2.75, 3.05) is 0 Å². The smallest absolute Gasteiger partial charge is 0.427 e. The average molecular weight is 169 g/mol. The van der Waals surface area contributed by atoms with Gasteiger partial charge in [0.15, 0.2) is 0 Å². The van der Waals surface area contributed by atoms with Gasteiger partial charge in [0.25, 0.3) is 0 Å². The standard InChI is InChI=1S/C7H14BN2O2/c1-9-5-6-10(7-9)4-2-3-8(11)12/h5-7,11-12H,2-4H2,1H3/q+1. The number of rotatable bonds is 4. The van der Waals surface area contributed by atoms with Gasteiger partial charge in [-0.1, -0.05) is 0 Å². The second-order valence-corrected chi connectivity index (χ2v) is 2.94. The van der Waals surface area contributed by atoms with Crippen LogP contribution in [0.15, 0.2) is 18.7 Å². The summed E-state index contributed by atoms with van der Waals surface area (Å²) in [4.78, 5) is 0. The third-order valence-corrected chi connectivity index (χ3v) is 1.70. The van der Waals surface area contributed by atoms with E-state index in [2.05, 4.69) is 0 Å². The first kappa shape index (κ1) is 9.28. The van der Waals surface area contributed by atoms with Crippen LogP contribution in [0.1, 0.15) is 6.42 Å². The van der Waals surface area contributed by atoms with E-state index in [1.54, 1.807) is 0 Å². The van der Waals surface area contributed by atoms with Crippen molar-refractivity contribution in [3.63, 3.8) is 0 Å². The molecule has 1 heterocycles. The molecule has 0 saturated carbocycles. The van der Waals surface area contributed by atoms with E-state index in [-0.39, 0.29) is 0 Å². The highest BCUT2D eigenvalue weighted by Crippen LogP contribution is 1.95. The Morgan fingerprint density at radius 2 is 2.25 bits per heavy atom. The molecular formula is C7H14BN2O2+. The highest BCUT2D eigenvalue weighted by molar-refractivity contribution is 6.40. The van der Waals surface area contributed by atoms with Crippen LogP contribution in [0.4, 0.5) is 0 Å². The topological polar surface area (TPSA) is 49.3 Å². The van der Waals surface area contributed by atoms with Gasteiger partial charge in [0.2, 0.25) is 6.33 Å². The number of aromatic nitrogens is 2. The van der Waals surface area contributed by atoms with Gasteiger partial charge in [-0.2, -0.15) is 0 Å². The lowest BCUT2D eigenvalue weighted by Crippen LogP contribution is -2.23. The van der Waals surface area contributed by atoms with Crippen LogP contribution in [0.25, 0.3) is 0 Å². The van der Waals surface area contributed by atoms with Crippen LogP contribution in [0.3, 0.4) is 0 Å². The normalized spacial score (nSPS) is 10.2. The second-order valence-electron chi connectivity index (χ2n) is 2.94. The number of hydrogen-bond donors (Lipinski definition) is 2. The van der Waals surface area contributed by atoms with E-state index in [4.69, 9.17) is 10.0 Å². The lowest BCUT2D eigenvalue weighted by Gasteiger charge is -1.95. The monoisotopic (exact) mass is 169 g/mol. The van der Waals surface area contributed by atoms with Gasteiger partial charge in [-0.25, -0.2) is 9.13 Å². The van der Waals surface area contributed by atoms with Crippen LogP contribution in [-0.4, -0.2) is 21.7 Å². The Morgan fingerprint density at radius 3 is 2.75 bits per heavy atom. The molecule has 66 valence electrons. The molecular weight excluding hydrogens is 155 g/mol. The fraction of sp³-hybridized carbons (Fsp3) is 0.571. The molecule has 1 aromatic heterocycles. The molecule has 0 atom stereocenters. The molecule has 2 N–H and O–H groups in total. The summed E-state index contributed by atoms with van der Waals surface area (Å²) in [6.07, 6.45) is 7.09. The molecule has 1 aromatic rings. The minimum absolute atomic E-state index is 0.432. The molecule has 12 heavy (non-hydrogen) atoms. The SMILES string of the molecule is C[n+]1ccn(CCCB(O)O)c1. The van der Waals surface area contributed by atoms with Crippen molar-refractivity contribution in [3.05, 3.63) is 18.7 Å². The van der Waals surface area contributed by atoms with E-state index in [9.17, 15) is 0 Å². The first-order valence-corrected chi connectivity index (χ1v) is 4.05. The van der Waals surface area contributed by atoms with Crippen LogP contribution in [-0.2, 0) is 13.6 Å². The van der Waals surface area contributed by atoms with Gasteiger partial charge in [0, 0.05) is 0 Å². The third-order valence-electron chi connectivity index (χ3n) is 1.70. The minimum atomic E-state index is -1.17. The van der Waals surface area contributed by atoms with E-state index in [1.165, 1.54) is 0 Å². The summed E-state index contributed by atoms with van der Waals surface area (Å²) in [5, 5.41) is 17.2. The molecule has 0 aromatic carbocycles. The quantitative estimate of drug-likeness (QED) is 0.456. The minimum Gasteiger partial charge on any atom is -0.427 e. The summed E-state index contributed by atoms with van der Waals surface area (Å²) < 4.78 is 3.97. The molecule has 0 bridgehead atoms. The largest absolute Gasteiger partial charge is 0.451 e. The van der Waals surface area contributed by atoms with Gasteiger partial charge in [0.1, 0.15) is 12.4 Å². The van der Waals surface area contributed by atoms with Crippen molar-refractivity contribution >= 4 is 7.12 Å². The van der Waals surface area contributed by atoms with Crippen LogP contribution >= 0.6 is 0 Å². The van der Waals surface area contributed by atoms with E-state index in [1.807, 2.05) is 34.9 Å². The predicted octanol–water partition coefficient (Wildman–Crippen LogP) is -0.825. The summed E-state index contributed by atoms with van der Waals surface area (Å²) in [6.45, 7) is 0.832. The molecule has 0 spiro atoms. The van der Waals surface area contributed by atoms with Gasteiger partial charge in [-0.3, -0.25) is 0 Å². The molecule has 0 unspecified atom stereocenters. The van der Waals surface area contributed by atoms with Gasteiger partial charge in [-0.15, -0.1) is 0 Å². The third kappa shape index (κ3) is 3.06. The first-order valence-electron chi connectivity index (χ1n) is 4.05. The zero-order valence-electron chi connectivity index (χ0n) is 7.22. The molecule has 0 fully saturated rings.